The second kappa shape index (κ2) is 7.32. The lowest BCUT2D eigenvalue weighted by atomic mass is 9.81. The van der Waals surface area contributed by atoms with E-state index in [4.69, 9.17) is 0 Å². The van der Waals surface area contributed by atoms with Gasteiger partial charge < -0.3 is 0 Å². The molecule has 0 radical (unpaired) electrons. The van der Waals surface area contributed by atoms with Gasteiger partial charge in [0.15, 0.2) is 12.3 Å². The summed E-state index contributed by atoms with van der Waals surface area (Å²) < 4.78 is 2.47. The van der Waals surface area contributed by atoms with Crippen molar-refractivity contribution >= 4 is 17.5 Å². The first-order valence-corrected chi connectivity index (χ1v) is 9.54. The zero-order valence-corrected chi connectivity index (χ0v) is 16.0. The Balaban J connectivity index is 1.73. The van der Waals surface area contributed by atoms with Crippen molar-refractivity contribution in [3.8, 4) is 0 Å². The van der Waals surface area contributed by atoms with E-state index in [9.17, 15) is 0 Å². The molecule has 2 aromatic carbocycles. The lowest BCUT2D eigenvalue weighted by Crippen LogP contribution is -2.28. The van der Waals surface area contributed by atoms with Crippen LogP contribution in [0, 0.1) is 0 Å². The van der Waals surface area contributed by atoms with Gasteiger partial charge in [0.1, 0.15) is 0 Å². The smallest absolute Gasteiger partial charge is 0.209 e. The molecule has 0 spiro atoms. The third-order valence-electron chi connectivity index (χ3n) is 5.37. The van der Waals surface area contributed by atoms with Gasteiger partial charge in [-0.05, 0) is 37.6 Å². The van der Waals surface area contributed by atoms with Crippen LogP contribution in [-0.4, -0.2) is 21.8 Å². The summed E-state index contributed by atoms with van der Waals surface area (Å²) in [6, 6.07) is 25.5. The predicted molar refractivity (Wildman–Crippen MR) is 113 cm³/mol. The highest BCUT2D eigenvalue weighted by Crippen LogP contribution is 2.39. The molecular weight excluding hydrogens is 328 g/mol. The largest absolute Gasteiger partial charge is 0.257 e. The minimum absolute atomic E-state index is 0.0292. The standard InChI is InChI=1S/C25H25N2/c1-25(2)22-13-6-7-14-23(22)27(19-17-20-10-4-3-5-11-20)24(25)16-15-21-12-8-9-18-26-21/h3-16,18H,17,19H2,1-2H3/q+1. The molecule has 2 nitrogen and oxygen atoms in total. The summed E-state index contributed by atoms with van der Waals surface area (Å²) in [5, 5.41) is 0. The van der Waals surface area contributed by atoms with Crippen molar-refractivity contribution in [3.63, 3.8) is 0 Å². The summed E-state index contributed by atoms with van der Waals surface area (Å²) in [5.74, 6) is 0. The molecule has 3 aromatic rings. The summed E-state index contributed by atoms with van der Waals surface area (Å²) in [6.07, 6.45) is 7.23. The van der Waals surface area contributed by atoms with E-state index in [1.54, 1.807) is 0 Å². The highest BCUT2D eigenvalue weighted by Gasteiger charge is 2.43. The van der Waals surface area contributed by atoms with Gasteiger partial charge in [-0.25, -0.2) is 0 Å². The van der Waals surface area contributed by atoms with Gasteiger partial charge in [0.05, 0.1) is 11.1 Å². The number of benzene rings is 2. The average Bonchev–Trinajstić information content (AvgIpc) is 2.93. The number of rotatable bonds is 5. The normalized spacial score (nSPS) is 15.3. The van der Waals surface area contributed by atoms with E-state index in [0.717, 1.165) is 18.7 Å². The molecule has 1 aliphatic heterocycles. The van der Waals surface area contributed by atoms with Crippen LogP contribution in [0.1, 0.15) is 30.7 Å². The molecule has 0 fully saturated rings. The van der Waals surface area contributed by atoms with E-state index in [0.29, 0.717) is 0 Å². The number of pyridine rings is 1. The van der Waals surface area contributed by atoms with Crippen molar-refractivity contribution in [2.24, 2.45) is 0 Å². The molecule has 0 atom stereocenters. The van der Waals surface area contributed by atoms with Crippen LogP contribution in [0.4, 0.5) is 5.69 Å². The fourth-order valence-corrected chi connectivity index (χ4v) is 3.91. The highest BCUT2D eigenvalue weighted by molar-refractivity contribution is 6.05. The first-order valence-electron chi connectivity index (χ1n) is 9.54. The zero-order chi connectivity index (χ0) is 18.7. The quantitative estimate of drug-likeness (QED) is 0.560. The second-order valence-corrected chi connectivity index (χ2v) is 7.50. The third kappa shape index (κ3) is 3.48. The number of para-hydroxylation sites is 1. The van der Waals surface area contributed by atoms with Gasteiger partial charge in [0.25, 0.3) is 0 Å². The molecule has 0 N–H and O–H groups in total. The molecule has 134 valence electrons. The Kier molecular flexibility index (Phi) is 4.72. The van der Waals surface area contributed by atoms with E-state index in [2.05, 4.69) is 90.2 Å². The SMILES string of the molecule is CC1(C)C(C=Cc2ccccn2)=[N+](CCc2ccccc2)c2ccccc21. The molecule has 0 saturated heterocycles. The van der Waals surface area contributed by atoms with Crippen LogP contribution in [-0.2, 0) is 11.8 Å². The van der Waals surface area contributed by atoms with E-state index < -0.39 is 0 Å². The van der Waals surface area contributed by atoms with Crippen molar-refractivity contribution in [3.05, 3.63) is 102 Å². The lowest BCUT2D eigenvalue weighted by molar-refractivity contribution is -0.436. The van der Waals surface area contributed by atoms with Crippen molar-refractivity contribution in [1.29, 1.82) is 0 Å². The number of hydrogen-bond acceptors (Lipinski definition) is 1. The first-order chi connectivity index (χ1) is 13.2. The Labute approximate surface area is 161 Å². The zero-order valence-electron chi connectivity index (χ0n) is 16.0. The van der Waals surface area contributed by atoms with E-state index >= 15 is 0 Å². The van der Waals surface area contributed by atoms with Crippen molar-refractivity contribution in [2.45, 2.75) is 25.7 Å². The van der Waals surface area contributed by atoms with Gasteiger partial charge in [-0.15, -0.1) is 0 Å². The Morgan fingerprint density at radius 2 is 1.59 bits per heavy atom. The number of fused-ring (bicyclic) bond motifs is 1. The Hall–Kier alpha value is -3.00. The molecule has 27 heavy (non-hydrogen) atoms. The number of nitrogens with zero attached hydrogens (tertiary/aromatic N) is 2. The molecule has 0 unspecified atom stereocenters. The van der Waals surface area contributed by atoms with Crippen LogP contribution in [0.5, 0.6) is 0 Å². The number of allylic oxidation sites excluding steroid dienone is 1. The topological polar surface area (TPSA) is 15.9 Å². The van der Waals surface area contributed by atoms with Crippen LogP contribution in [0.25, 0.3) is 6.08 Å². The fraction of sp³-hybridized carbons (Fsp3) is 0.200. The predicted octanol–water partition coefficient (Wildman–Crippen LogP) is 5.41. The van der Waals surface area contributed by atoms with Crippen molar-refractivity contribution in [2.75, 3.05) is 6.54 Å². The van der Waals surface area contributed by atoms with Gasteiger partial charge in [-0.2, -0.15) is 4.58 Å². The van der Waals surface area contributed by atoms with Gasteiger partial charge >= 0.3 is 0 Å². The summed E-state index contributed by atoms with van der Waals surface area (Å²) in [7, 11) is 0. The molecule has 0 bridgehead atoms. The van der Waals surface area contributed by atoms with Gasteiger partial charge in [-0.3, -0.25) is 4.98 Å². The summed E-state index contributed by atoms with van der Waals surface area (Å²) >= 11 is 0. The summed E-state index contributed by atoms with van der Waals surface area (Å²) in [5.41, 5.74) is 6.36. The number of aromatic nitrogens is 1. The van der Waals surface area contributed by atoms with Crippen LogP contribution < -0.4 is 0 Å². The van der Waals surface area contributed by atoms with E-state index in [-0.39, 0.29) is 5.41 Å². The molecule has 1 aliphatic rings. The Bertz CT molecular complexity index is 983. The summed E-state index contributed by atoms with van der Waals surface area (Å²) in [6.45, 7) is 5.59. The molecule has 4 rings (SSSR count). The number of hydrogen-bond donors (Lipinski definition) is 0. The molecule has 2 heteroatoms. The second-order valence-electron chi connectivity index (χ2n) is 7.50. The van der Waals surface area contributed by atoms with Crippen molar-refractivity contribution < 1.29 is 4.58 Å². The third-order valence-corrected chi connectivity index (χ3v) is 5.37. The molecule has 0 saturated carbocycles. The molecule has 1 aromatic heterocycles. The maximum absolute atomic E-state index is 4.44. The van der Waals surface area contributed by atoms with Gasteiger partial charge in [0, 0.05) is 30.3 Å². The van der Waals surface area contributed by atoms with Crippen LogP contribution in [0.3, 0.4) is 0 Å². The fourth-order valence-electron chi connectivity index (χ4n) is 3.91. The monoisotopic (exact) mass is 353 g/mol. The minimum Gasteiger partial charge on any atom is -0.257 e. The van der Waals surface area contributed by atoms with Crippen LogP contribution in [0.15, 0.2) is 85.1 Å². The summed E-state index contributed by atoms with van der Waals surface area (Å²) in [4.78, 5) is 4.44. The average molecular weight is 353 g/mol. The Morgan fingerprint density at radius 1 is 0.852 bits per heavy atom. The van der Waals surface area contributed by atoms with Gasteiger partial charge in [-0.1, -0.05) is 54.6 Å². The van der Waals surface area contributed by atoms with E-state index in [1.807, 2.05) is 24.4 Å². The maximum Gasteiger partial charge on any atom is 0.209 e. The molecule has 2 heterocycles. The van der Waals surface area contributed by atoms with Crippen molar-refractivity contribution in [1.82, 2.24) is 4.98 Å². The van der Waals surface area contributed by atoms with Crippen LogP contribution in [0.2, 0.25) is 0 Å². The molecule has 0 amide bonds. The van der Waals surface area contributed by atoms with Crippen LogP contribution >= 0.6 is 0 Å². The highest BCUT2D eigenvalue weighted by atomic mass is 15.1. The molecule has 0 aliphatic carbocycles. The Morgan fingerprint density at radius 3 is 2.37 bits per heavy atom. The molecular formula is C25H25N2+. The maximum atomic E-state index is 4.44. The minimum atomic E-state index is -0.0292. The lowest BCUT2D eigenvalue weighted by Gasteiger charge is -2.15. The van der Waals surface area contributed by atoms with E-state index in [1.165, 1.54) is 22.5 Å². The first kappa shape index (κ1) is 17.4. The van der Waals surface area contributed by atoms with Gasteiger partial charge in [0.2, 0.25) is 5.69 Å².